The third-order valence-electron chi connectivity index (χ3n) is 3.24. The first-order valence-corrected chi connectivity index (χ1v) is 6.03. The van der Waals surface area contributed by atoms with Crippen molar-refractivity contribution in [1.29, 1.82) is 0 Å². The monoisotopic (exact) mass is 231 g/mol. The summed E-state index contributed by atoms with van der Waals surface area (Å²) in [6.07, 6.45) is 7.93. The van der Waals surface area contributed by atoms with Gasteiger partial charge >= 0.3 is 0 Å². The molecule has 2 N–H and O–H groups in total. The number of imidazole rings is 2. The maximum Gasteiger partial charge on any atom is 0.133 e. The largest absolute Gasteiger partial charge is 0.383 e. The van der Waals surface area contributed by atoms with Gasteiger partial charge in [-0.2, -0.15) is 0 Å². The lowest BCUT2D eigenvalue weighted by Crippen LogP contribution is -2.04. The van der Waals surface area contributed by atoms with Crippen molar-refractivity contribution in [2.45, 2.75) is 38.8 Å². The van der Waals surface area contributed by atoms with E-state index in [2.05, 4.69) is 32.9 Å². The van der Waals surface area contributed by atoms with E-state index in [1.165, 1.54) is 12.8 Å². The van der Waals surface area contributed by atoms with Gasteiger partial charge in [0.25, 0.3) is 0 Å². The van der Waals surface area contributed by atoms with E-state index in [9.17, 15) is 0 Å². The molecule has 2 aromatic rings. The number of nitrogens with zero attached hydrogens (tertiary/aromatic N) is 4. The second-order valence-corrected chi connectivity index (χ2v) is 4.90. The number of aromatic nitrogens is 4. The lowest BCUT2D eigenvalue weighted by atomic mass is 10.3. The normalized spacial score (nSPS) is 15.7. The van der Waals surface area contributed by atoms with Gasteiger partial charge < -0.3 is 14.9 Å². The lowest BCUT2D eigenvalue weighted by molar-refractivity contribution is 0.604. The number of nitrogen functional groups attached to an aromatic ring is 1. The van der Waals surface area contributed by atoms with Gasteiger partial charge in [0.15, 0.2) is 0 Å². The van der Waals surface area contributed by atoms with Crippen LogP contribution < -0.4 is 5.73 Å². The molecule has 2 aromatic heterocycles. The summed E-state index contributed by atoms with van der Waals surface area (Å²) >= 11 is 0. The van der Waals surface area contributed by atoms with Crippen LogP contribution in [0.2, 0.25) is 0 Å². The SMILES string of the molecule is CC(C)n1cncc1-c1ncn(C2CC2)c1N. The van der Waals surface area contributed by atoms with Crippen LogP contribution in [0.4, 0.5) is 5.82 Å². The molecule has 1 fully saturated rings. The highest BCUT2D eigenvalue weighted by molar-refractivity contribution is 5.67. The van der Waals surface area contributed by atoms with Crippen molar-refractivity contribution < 1.29 is 0 Å². The van der Waals surface area contributed by atoms with Gasteiger partial charge in [-0.25, -0.2) is 9.97 Å². The quantitative estimate of drug-likeness (QED) is 0.881. The molecule has 2 heterocycles. The first kappa shape index (κ1) is 10.4. The summed E-state index contributed by atoms with van der Waals surface area (Å²) < 4.78 is 4.17. The first-order chi connectivity index (χ1) is 8.18. The number of nitrogens with two attached hydrogens (primary N) is 1. The molecule has 0 amide bonds. The fourth-order valence-corrected chi connectivity index (χ4v) is 2.11. The molecule has 0 saturated heterocycles. The Morgan fingerprint density at radius 2 is 2.12 bits per heavy atom. The van der Waals surface area contributed by atoms with Crippen molar-refractivity contribution in [2.24, 2.45) is 0 Å². The zero-order valence-corrected chi connectivity index (χ0v) is 10.2. The molecule has 0 bridgehead atoms. The molecule has 1 saturated carbocycles. The smallest absolute Gasteiger partial charge is 0.133 e. The fraction of sp³-hybridized carbons (Fsp3) is 0.500. The summed E-state index contributed by atoms with van der Waals surface area (Å²) in [7, 11) is 0. The molecule has 1 aliphatic rings. The van der Waals surface area contributed by atoms with E-state index in [4.69, 9.17) is 5.73 Å². The van der Waals surface area contributed by atoms with Crippen LogP contribution in [0.25, 0.3) is 11.4 Å². The van der Waals surface area contributed by atoms with E-state index in [0.717, 1.165) is 17.2 Å². The second kappa shape index (κ2) is 3.61. The average molecular weight is 231 g/mol. The zero-order chi connectivity index (χ0) is 12.0. The molecule has 0 radical (unpaired) electrons. The topological polar surface area (TPSA) is 61.7 Å². The summed E-state index contributed by atoms with van der Waals surface area (Å²) in [6, 6.07) is 0.921. The summed E-state index contributed by atoms with van der Waals surface area (Å²) in [4.78, 5) is 8.63. The molecule has 0 aliphatic heterocycles. The minimum Gasteiger partial charge on any atom is -0.383 e. The molecule has 0 atom stereocenters. The standard InChI is InChI=1S/C12H17N5/c1-8(2)16-6-14-5-10(16)11-12(13)17(7-15-11)9-3-4-9/h5-9H,3-4,13H2,1-2H3. The molecule has 1 aliphatic carbocycles. The Kier molecular flexibility index (Phi) is 2.21. The van der Waals surface area contributed by atoms with E-state index >= 15 is 0 Å². The fourth-order valence-electron chi connectivity index (χ4n) is 2.11. The van der Waals surface area contributed by atoms with E-state index in [1.54, 1.807) is 0 Å². The molecule has 3 rings (SSSR count). The Morgan fingerprint density at radius 3 is 2.76 bits per heavy atom. The molecule has 5 nitrogen and oxygen atoms in total. The van der Waals surface area contributed by atoms with Gasteiger partial charge in [-0.05, 0) is 26.7 Å². The molecular formula is C12H17N5. The van der Waals surface area contributed by atoms with Crippen molar-refractivity contribution in [1.82, 2.24) is 19.1 Å². The van der Waals surface area contributed by atoms with Crippen molar-refractivity contribution in [2.75, 3.05) is 5.73 Å². The molecule has 5 heteroatoms. The first-order valence-electron chi connectivity index (χ1n) is 6.03. The van der Waals surface area contributed by atoms with Crippen molar-refractivity contribution >= 4 is 5.82 Å². The van der Waals surface area contributed by atoms with Crippen LogP contribution >= 0.6 is 0 Å². The Labute approximate surface area is 100 Å². The summed E-state index contributed by atoms with van der Waals surface area (Å²) in [5.41, 5.74) is 8.01. The predicted octanol–water partition coefficient (Wildman–Crippen LogP) is 2.24. The van der Waals surface area contributed by atoms with Gasteiger partial charge in [-0.1, -0.05) is 0 Å². The Balaban J connectivity index is 2.05. The molecule has 0 unspecified atom stereocenters. The van der Waals surface area contributed by atoms with Crippen LogP contribution in [0.5, 0.6) is 0 Å². The number of rotatable bonds is 3. The Hall–Kier alpha value is -1.78. The minimum absolute atomic E-state index is 0.359. The van der Waals surface area contributed by atoms with Crippen LogP contribution in [-0.4, -0.2) is 19.1 Å². The zero-order valence-electron chi connectivity index (χ0n) is 10.2. The lowest BCUT2D eigenvalue weighted by Gasteiger charge is -2.10. The van der Waals surface area contributed by atoms with E-state index in [1.807, 2.05) is 18.9 Å². The van der Waals surface area contributed by atoms with E-state index < -0.39 is 0 Å². The molecule has 17 heavy (non-hydrogen) atoms. The third kappa shape index (κ3) is 1.62. The number of anilines is 1. The predicted molar refractivity (Wildman–Crippen MR) is 66.5 cm³/mol. The minimum atomic E-state index is 0.359. The van der Waals surface area contributed by atoms with Crippen LogP contribution in [0.15, 0.2) is 18.9 Å². The highest BCUT2D eigenvalue weighted by Crippen LogP contribution is 2.39. The summed E-state index contributed by atoms with van der Waals surface area (Å²) in [5, 5.41) is 0. The molecule has 0 spiro atoms. The molecular weight excluding hydrogens is 214 g/mol. The van der Waals surface area contributed by atoms with Gasteiger partial charge in [-0.15, -0.1) is 0 Å². The number of hydrogen-bond acceptors (Lipinski definition) is 3. The van der Waals surface area contributed by atoms with Gasteiger partial charge in [0, 0.05) is 12.1 Å². The highest BCUT2D eigenvalue weighted by Gasteiger charge is 2.27. The third-order valence-corrected chi connectivity index (χ3v) is 3.24. The maximum absolute atomic E-state index is 6.16. The van der Waals surface area contributed by atoms with Crippen LogP contribution in [0.3, 0.4) is 0 Å². The average Bonchev–Trinajstić information content (AvgIpc) is 2.88. The van der Waals surface area contributed by atoms with Crippen molar-refractivity contribution in [3.05, 3.63) is 18.9 Å². The van der Waals surface area contributed by atoms with Gasteiger partial charge in [0.1, 0.15) is 11.5 Å². The van der Waals surface area contributed by atoms with Gasteiger partial charge in [0.05, 0.1) is 24.5 Å². The van der Waals surface area contributed by atoms with Crippen LogP contribution in [0.1, 0.15) is 38.8 Å². The Bertz CT molecular complexity index is 533. The maximum atomic E-state index is 6.16. The van der Waals surface area contributed by atoms with Crippen molar-refractivity contribution in [3.8, 4) is 11.4 Å². The van der Waals surface area contributed by atoms with E-state index in [-0.39, 0.29) is 0 Å². The van der Waals surface area contributed by atoms with Crippen LogP contribution in [0, 0.1) is 0 Å². The summed E-state index contributed by atoms with van der Waals surface area (Å²) in [6.45, 7) is 4.25. The number of hydrogen-bond donors (Lipinski definition) is 1. The van der Waals surface area contributed by atoms with E-state index in [0.29, 0.717) is 12.1 Å². The second-order valence-electron chi connectivity index (χ2n) is 4.90. The van der Waals surface area contributed by atoms with Gasteiger partial charge in [-0.3, -0.25) is 0 Å². The molecule has 0 aromatic carbocycles. The highest BCUT2D eigenvalue weighted by atomic mass is 15.2. The van der Waals surface area contributed by atoms with Crippen molar-refractivity contribution in [3.63, 3.8) is 0 Å². The summed E-state index contributed by atoms with van der Waals surface area (Å²) in [5.74, 6) is 0.759. The van der Waals surface area contributed by atoms with Crippen LogP contribution in [-0.2, 0) is 0 Å². The van der Waals surface area contributed by atoms with Gasteiger partial charge in [0.2, 0.25) is 0 Å². The Morgan fingerprint density at radius 1 is 1.35 bits per heavy atom. The molecule has 90 valence electrons.